The van der Waals surface area contributed by atoms with Gasteiger partial charge < -0.3 is 4.74 Å². The molecule has 1 heterocycles. The molecule has 25 heavy (non-hydrogen) atoms. The number of aryl methyl sites for hydroxylation is 1. The summed E-state index contributed by atoms with van der Waals surface area (Å²) in [5.41, 5.74) is 3.25. The van der Waals surface area contributed by atoms with Gasteiger partial charge in [0.15, 0.2) is 0 Å². The third kappa shape index (κ3) is 4.25. The van der Waals surface area contributed by atoms with Crippen LogP contribution in [0.4, 0.5) is 0 Å². The summed E-state index contributed by atoms with van der Waals surface area (Å²) in [6.07, 6.45) is 0.248. The molecule has 0 saturated heterocycles. The van der Waals surface area contributed by atoms with Crippen molar-refractivity contribution in [3.05, 3.63) is 52.5 Å². The highest BCUT2D eigenvalue weighted by atomic mass is 79.9. The maximum atomic E-state index is 8.69. The molecule has 0 aliphatic rings. The second-order valence-electron chi connectivity index (χ2n) is 5.69. The molecule has 0 amide bonds. The van der Waals surface area contributed by atoms with E-state index < -0.39 is 0 Å². The van der Waals surface area contributed by atoms with E-state index in [1.807, 2.05) is 37.3 Å². The number of hydrogen-bond donors (Lipinski definition) is 0. The van der Waals surface area contributed by atoms with Gasteiger partial charge in [-0.15, -0.1) is 10.2 Å². The van der Waals surface area contributed by atoms with E-state index >= 15 is 0 Å². The highest BCUT2D eigenvalue weighted by Gasteiger charge is 2.11. The number of hydrogen-bond acceptors (Lipinski definition) is 5. The number of nitriles is 1. The zero-order chi connectivity index (χ0) is 17.8. The lowest BCUT2D eigenvalue weighted by Gasteiger charge is -2.11. The van der Waals surface area contributed by atoms with Gasteiger partial charge in [0.1, 0.15) is 21.9 Å². The van der Waals surface area contributed by atoms with Crippen LogP contribution in [-0.2, 0) is 0 Å². The minimum Gasteiger partial charge on any atom is -0.490 e. The largest absolute Gasteiger partial charge is 0.490 e. The fourth-order valence-corrected chi connectivity index (χ4v) is 3.81. The second kappa shape index (κ2) is 7.77. The molecule has 3 rings (SSSR count). The minimum atomic E-state index is -0.121. The van der Waals surface area contributed by atoms with Crippen molar-refractivity contribution in [1.29, 1.82) is 5.26 Å². The number of halogens is 1. The quantitative estimate of drug-likeness (QED) is 0.544. The van der Waals surface area contributed by atoms with Crippen LogP contribution in [0.25, 0.3) is 21.1 Å². The molecule has 1 aromatic heterocycles. The Bertz CT molecular complexity index is 915. The van der Waals surface area contributed by atoms with Gasteiger partial charge in [-0.3, -0.25) is 0 Å². The molecule has 1 unspecified atom stereocenters. The van der Waals surface area contributed by atoms with Crippen LogP contribution in [0.5, 0.6) is 5.75 Å². The van der Waals surface area contributed by atoms with Crippen molar-refractivity contribution in [3.8, 4) is 33.0 Å². The summed E-state index contributed by atoms with van der Waals surface area (Å²) in [6, 6.07) is 16.0. The summed E-state index contributed by atoms with van der Waals surface area (Å²) in [5, 5.41) is 19.1. The van der Waals surface area contributed by atoms with Crippen LogP contribution in [0.2, 0.25) is 0 Å². The van der Waals surface area contributed by atoms with Crippen molar-refractivity contribution in [2.24, 2.45) is 0 Å². The third-order valence-electron chi connectivity index (χ3n) is 3.66. The van der Waals surface area contributed by atoms with E-state index in [-0.39, 0.29) is 6.10 Å². The Hall–Kier alpha value is -2.23. The van der Waals surface area contributed by atoms with Gasteiger partial charge in [-0.25, -0.2) is 0 Å². The SMILES string of the molecule is Cc1cc(Br)ccc1-c1nnc(-c2ccc(OC(C)CC#N)cc2)s1. The van der Waals surface area contributed by atoms with Crippen LogP contribution in [0, 0.1) is 18.3 Å². The molecule has 0 aliphatic carbocycles. The molecule has 3 aromatic rings. The molecule has 126 valence electrons. The molecule has 0 bridgehead atoms. The van der Waals surface area contributed by atoms with Crippen molar-refractivity contribution in [1.82, 2.24) is 10.2 Å². The Balaban J connectivity index is 1.79. The first-order chi connectivity index (χ1) is 12.1. The van der Waals surface area contributed by atoms with Gasteiger partial charge in [0.25, 0.3) is 0 Å². The van der Waals surface area contributed by atoms with Crippen molar-refractivity contribution in [2.45, 2.75) is 26.4 Å². The lowest BCUT2D eigenvalue weighted by atomic mass is 10.1. The van der Waals surface area contributed by atoms with Crippen molar-refractivity contribution >= 4 is 27.3 Å². The van der Waals surface area contributed by atoms with Crippen LogP contribution in [-0.4, -0.2) is 16.3 Å². The Morgan fingerprint density at radius 1 is 1.16 bits per heavy atom. The molecule has 0 radical (unpaired) electrons. The van der Waals surface area contributed by atoms with Crippen LogP contribution in [0.15, 0.2) is 46.9 Å². The van der Waals surface area contributed by atoms with E-state index in [9.17, 15) is 0 Å². The van der Waals surface area contributed by atoms with Gasteiger partial charge in [0.05, 0.1) is 12.5 Å². The Morgan fingerprint density at radius 2 is 1.88 bits per heavy atom. The van der Waals surface area contributed by atoms with Gasteiger partial charge in [0.2, 0.25) is 0 Å². The number of nitrogens with zero attached hydrogens (tertiary/aromatic N) is 3. The summed E-state index contributed by atoms with van der Waals surface area (Å²) in [5.74, 6) is 0.750. The van der Waals surface area contributed by atoms with Gasteiger partial charge in [-0.1, -0.05) is 33.3 Å². The smallest absolute Gasteiger partial charge is 0.148 e. The first kappa shape index (κ1) is 17.6. The van der Waals surface area contributed by atoms with Crippen LogP contribution < -0.4 is 4.74 Å². The minimum absolute atomic E-state index is 0.121. The van der Waals surface area contributed by atoms with Gasteiger partial charge in [-0.05, 0) is 55.8 Å². The zero-order valence-electron chi connectivity index (χ0n) is 13.9. The topological polar surface area (TPSA) is 58.8 Å². The Labute approximate surface area is 159 Å². The van der Waals surface area contributed by atoms with Crippen molar-refractivity contribution < 1.29 is 4.74 Å². The van der Waals surface area contributed by atoms with E-state index in [1.165, 1.54) is 0 Å². The predicted molar refractivity (Wildman–Crippen MR) is 104 cm³/mol. The standard InChI is InChI=1S/C19H16BrN3OS/c1-12-11-15(20)5-8-17(12)19-23-22-18(25-19)14-3-6-16(7-4-14)24-13(2)9-10-21/h3-8,11,13H,9H2,1-2H3. The second-order valence-corrected chi connectivity index (χ2v) is 7.58. The molecule has 0 saturated carbocycles. The molecule has 2 aromatic carbocycles. The molecular weight excluding hydrogens is 398 g/mol. The molecular formula is C19H16BrN3OS. The highest BCUT2D eigenvalue weighted by Crippen LogP contribution is 2.33. The monoisotopic (exact) mass is 413 g/mol. The fourth-order valence-electron chi connectivity index (χ4n) is 2.39. The van der Waals surface area contributed by atoms with Gasteiger partial charge >= 0.3 is 0 Å². The summed E-state index contributed by atoms with van der Waals surface area (Å²) in [7, 11) is 0. The number of rotatable bonds is 5. The molecule has 0 N–H and O–H groups in total. The number of ether oxygens (including phenoxy) is 1. The van der Waals surface area contributed by atoms with Crippen LogP contribution in [0.1, 0.15) is 18.9 Å². The average molecular weight is 414 g/mol. The molecule has 0 fully saturated rings. The average Bonchev–Trinajstić information content (AvgIpc) is 3.05. The predicted octanol–water partition coefficient (Wildman–Crippen LogP) is 5.62. The highest BCUT2D eigenvalue weighted by molar-refractivity contribution is 9.10. The van der Waals surface area contributed by atoms with Crippen molar-refractivity contribution in [2.75, 3.05) is 0 Å². The van der Waals surface area contributed by atoms with E-state index in [2.05, 4.69) is 51.3 Å². The molecule has 6 heteroatoms. The maximum absolute atomic E-state index is 8.69. The van der Waals surface area contributed by atoms with Crippen LogP contribution in [0.3, 0.4) is 0 Å². The first-order valence-corrected chi connectivity index (χ1v) is 9.42. The molecule has 0 spiro atoms. The number of aromatic nitrogens is 2. The Kier molecular flexibility index (Phi) is 5.47. The van der Waals surface area contributed by atoms with Crippen molar-refractivity contribution in [3.63, 3.8) is 0 Å². The number of benzene rings is 2. The normalized spacial score (nSPS) is 11.8. The molecule has 0 aliphatic heterocycles. The van der Waals surface area contributed by atoms with E-state index in [0.717, 1.165) is 36.9 Å². The van der Waals surface area contributed by atoms with Crippen LogP contribution >= 0.6 is 27.3 Å². The van der Waals surface area contributed by atoms with E-state index in [4.69, 9.17) is 10.00 Å². The third-order valence-corrected chi connectivity index (χ3v) is 5.16. The van der Waals surface area contributed by atoms with Gasteiger partial charge in [-0.2, -0.15) is 5.26 Å². The summed E-state index contributed by atoms with van der Waals surface area (Å²) < 4.78 is 6.74. The van der Waals surface area contributed by atoms with Gasteiger partial charge in [0, 0.05) is 15.6 Å². The maximum Gasteiger partial charge on any atom is 0.148 e. The molecule has 1 atom stereocenters. The zero-order valence-corrected chi connectivity index (χ0v) is 16.3. The van der Waals surface area contributed by atoms with E-state index in [0.29, 0.717) is 6.42 Å². The Morgan fingerprint density at radius 3 is 2.56 bits per heavy atom. The van der Waals surface area contributed by atoms with E-state index in [1.54, 1.807) is 11.3 Å². The fraction of sp³-hybridized carbons (Fsp3) is 0.211. The lowest BCUT2D eigenvalue weighted by molar-refractivity contribution is 0.227. The summed E-state index contributed by atoms with van der Waals surface area (Å²) in [4.78, 5) is 0. The first-order valence-electron chi connectivity index (χ1n) is 7.81. The lowest BCUT2D eigenvalue weighted by Crippen LogP contribution is -2.10. The summed E-state index contributed by atoms with van der Waals surface area (Å²) in [6.45, 7) is 3.95. The summed E-state index contributed by atoms with van der Waals surface area (Å²) >= 11 is 5.05. The molecule has 4 nitrogen and oxygen atoms in total.